The molecule has 1 aromatic carbocycles. The molecule has 0 aromatic heterocycles. The summed E-state index contributed by atoms with van der Waals surface area (Å²) in [6, 6.07) is 4.02. The minimum absolute atomic E-state index is 0.0374. The summed E-state index contributed by atoms with van der Waals surface area (Å²) in [7, 11) is 0. The average molecular weight is 220 g/mol. The van der Waals surface area contributed by atoms with E-state index in [2.05, 4.69) is 0 Å². The Morgan fingerprint density at radius 3 is 2.25 bits per heavy atom. The van der Waals surface area contributed by atoms with Gasteiger partial charge >= 0.3 is 0 Å². The number of aryl methyl sites for hydroxylation is 3. The van der Waals surface area contributed by atoms with Crippen molar-refractivity contribution in [3.05, 3.63) is 34.6 Å². The number of hydrogen-bond acceptors (Lipinski definition) is 0. The molecule has 0 N–H and O–H groups in total. The van der Waals surface area contributed by atoms with Crippen molar-refractivity contribution in [1.82, 2.24) is 0 Å². The van der Waals surface area contributed by atoms with E-state index in [1.54, 1.807) is 0 Å². The summed E-state index contributed by atoms with van der Waals surface area (Å²) < 4.78 is 13.5. The Morgan fingerprint density at radius 1 is 1.12 bits per heavy atom. The SMILES string of the molecule is Cc1cc(CCC2CCCC2)cc(C)c1F. The fraction of sp³-hybridized carbons (Fsp3) is 0.600. The quantitative estimate of drug-likeness (QED) is 0.700. The summed E-state index contributed by atoms with van der Waals surface area (Å²) >= 11 is 0. The third-order valence-corrected chi connectivity index (χ3v) is 3.81. The first-order valence-electron chi connectivity index (χ1n) is 6.42. The molecule has 0 saturated heterocycles. The van der Waals surface area contributed by atoms with E-state index in [4.69, 9.17) is 0 Å². The first-order valence-corrected chi connectivity index (χ1v) is 6.42. The molecule has 0 spiro atoms. The number of hydrogen-bond donors (Lipinski definition) is 0. The summed E-state index contributed by atoms with van der Waals surface area (Å²) in [4.78, 5) is 0. The maximum Gasteiger partial charge on any atom is 0.129 e. The van der Waals surface area contributed by atoms with Crippen LogP contribution < -0.4 is 0 Å². The molecule has 1 aromatic rings. The molecule has 0 bridgehead atoms. The van der Waals surface area contributed by atoms with Crippen molar-refractivity contribution in [2.24, 2.45) is 5.92 Å². The molecule has 1 saturated carbocycles. The van der Waals surface area contributed by atoms with Crippen LogP contribution in [0.1, 0.15) is 48.8 Å². The van der Waals surface area contributed by atoms with Crippen molar-refractivity contribution in [1.29, 1.82) is 0 Å². The highest BCUT2D eigenvalue weighted by atomic mass is 19.1. The van der Waals surface area contributed by atoms with Crippen LogP contribution in [0.25, 0.3) is 0 Å². The first kappa shape index (κ1) is 11.6. The van der Waals surface area contributed by atoms with Crippen molar-refractivity contribution in [3.63, 3.8) is 0 Å². The van der Waals surface area contributed by atoms with E-state index >= 15 is 0 Å². The van der Waals surface area contributed by atoms with E-state index < -0.39 is 0 Å². The van der Waals surface area contributed by atoms with Crippen LogP contribution in [0, 0.1) is 25.6 Å². The Bertz CT molecular complexity index is 339. The highest BCUT2D eigenvalue weighted by molar-refractivity contribution is 5.30. The zero-order valence-corrected chi connectivity index (χ0v) is 10.4. The fourth-order valence-corrected chi connectivity index (χ4v) is 2.85. The Hall–Kier alpha value is -0.850. The second-order valence-electron chi connectivity index (χ2n) is 5.23. The van der Waals surface area contributed by atoms with Crippen molar-refractivity contribution >= 4 is 0 Å². The number of halogens is 1. The van der Waals surface area contributed by atoms with Gasteiger partial charge in [-0.05, 0) is 49.3 Å². The minimum atomic E-state index is -0.0374. The molecule has 2 rings (SSSR count). The third-order valence-electron chi connectivity index (χ3n) is 3.81. The lowest BCUT2D eigenvalue weighted by atomic mass is 9.96. The Morgan fingerprint density at radius 2 is 1.69 bits per heavy atom. The van der Waals surface area contributed by atoms with Gasteiger partial charge in [0, 0.05) is 0 Å². The molecule has 0 atom stereocenters. The fourth-order valence-electron chi connectivity index (χ4n) is 2.85. The largest absolute Gasteiger partial charge is 0.206 e. The predicted molar refractivity (Wildman–Crippen MR) is 66.2 cm³/mol. The molecule has 0 amide bonds. The van der Waals surface area contributed by atoms with Gasteiger partial charge in [0.2, 0.25) is 0 Å². The predicted octanol–water partition coefficient (Wildman–Crippen LogP) is 4.57. The Labute approximate surface area is 97.9 Å². The van der Waals surface area contributed by atoms with E-state index in [0.717, 1.165) is 23.5 Å². The molecule has 0 aliphatic heterocycles. The van der Waals surface area contributed by atoms with Crippen LogP contribution in [0.15, 0.2) is 12.1 Å². The monoisotopic (exact) mass is 220 g/mol. The molecule has 16 heavy (non-hydrogen) atoms. The lowest BCUT2D eigenvalue weighted by Gasteiger charge is -2.10. The van der Waals surface area contributed by atoms with E-state index in [1.807, 2.05) is 26.0 Å². The summed E-state index contributed by atoms with van der Waals surface area (Å²) in [5.41, 5.74) is 2.89. The molecule has 1 heteroatoms. The van der Waals surface area contributed by atoms with Gasteiger partial charge in [-0.2, -0.15) is 0 Å². The lowest BCUT2D eigenvalue weighted by molar-refractivity contribution is 0.503. The van der Waals surface area contributed by atoms with Crippen LogP contribution in [0.3, 0.4) is 0 Å². The van der Waals surface area contributed by atoms with Crippen LogP contribution in [0.5, 0.6) is 0 Å². The molecule has 1 aliphatic rings. The van der Waals surface area contributed by atoms with Crippen LogP contribution in [0.4, 0.5) is 4.39 Å². The topological polar surface area (TPSA) is 0 Å². The van der Waals surface area contributed by atoms with Crippen LogP contribution >= 0.6 is 0 Å². The molecule has 1 fully saturated rings. The molecule has 0 heterocycles. The standard InChI is InChI=1S/C15H21F/c1-11-9-14(10-12(2)15(11)16)8-7-13-5-3-4-6-13/h9-10,13H,3-8H2,1-2H3. The highest BCUT2D eigenvalue weighted by Gasteiger charge is 2.15. The van der Waals surface area contributed by atoms with E-state index in [0.29, 0.717) is 0 Å². The van der Waals surface area contributed by atoms with Gasteiger partial charge in [-0.25, -0.2) is 4.39 Å². The number of benzene rings is 1. The van der Waals surface area contributed by atoms with Gasteiger partial charge in [0.1, 0.15) is 5.82 Å². The van der Waals surface area contributed by atoms with Crippen molar-refractivity contribution in [2.75, 3.05) is 0 Å². The number of rotatable bonds is 3. The molecular formula is C15H21F. The molecule has 88 valence electrons. The third kappa shape index (κ3) is 2.63. The Kier molecular flexibility index (Phi) is 3.63. The van der Waals surface area contributed by atoms with E-state index in [1.165, 1.54) is 37.7 Å². The van der Waals surface area contributed by atoms with Gasteiger partial charge < -0.3 is 0 Å². The van der Waals surface area contributed by atoms with Gasteiger partial charge in [0.05, 0.1) is 0 Å². The summed E-state index contributed by atoms with van der Waals surface area (Å²) in [5, 5.41) is 0. The highest BCUT2D eigenvalue weighted by Crippen LogP contribution is 2.29. The van der Waals surface area contributed by atoms with Gasteiger partial charge in [-0.15, -0.1) is 0 Å². The molecule has 0 unspecified atom stereocenters. The molecule has 0 radical (unpaired) electrons. The van der Waals surface area contributed by atoms with Gasteiger partial charge in [0.25, 0.3) is 0 Å². The van der Waals surface area contributed by atoms with Gasteiger partial charge in [-0.1, -0.05) is 37.8 Å². The summed E-state index contributed by atoms with van der Waals surface area (Å²) in [5.74, 6) is 0.885. The van der Waals surface area contributed by atoms with E-state index in [9.17, 15) is 4.39 Å². The van der Waals surface area contributed by atoms with Crippen molar-refractivity contribution < 1.29 is 4.39 Å². The normalized spacial score (nSPS) is 16.9. The minimum Gasteiger partial charge on any atom is -0.206 e. The van der Waals surface area contributed by atoms with Gasteiger partial charge in [-0.3, -0.25) is 0 Å². The Balaban J connectivity index is 1.98. The van der Waals surface area contributed by atoms with Crippen molar-refractivity contribution in [2.45, 2.75) is 52.4 Å². The molecule has 1 aliphatic carbocycles. The summed E-state index contributed by atoms with van der Waals surface area (Å²) in [6.07, 6.45) is 8.02. The zero-order valence-electron chi connectivity index (χ0n) is 10.4. The maximum atomic E-state index is 13.5. The average Bonchev–Trinajstić information content (AvgIpc) is 2.75. The molecular weight excluding hydrogens is 199 g/mol. The molecule has 0 nitrogen and oxygen atoms in total. The van der Waals surface area contributed by atoms with Crippen LogP contribution in [-0.4, -0.2) is 0 Å². The van der Waals surface area contributed by atoms with Crippen LogP contribution in [0.2, 0.25) is 0 Å². The smallest absolute Gasteiger partial charge is 0.129 e. The summed E-state index contributed by atoms with van der Waals surface area (Å²) in [6.45, 7) is 3.73. The van der Waals surface area contributed by atoms with Crippen molar-refractivity contribution in [3.8, 4) is 0 Å². The van der Waals surface area contributed by atoms with Crippen LogP contribution in [-0.2, 0) is 6.42 Å². The van der Waals surface area contributed by atoms with Gasteiger partial charge in [0.15, 0.2) is 0 Å². The second-order valence-corrected chi connectivity index (χ2v) is 5.23. The second kappa shape index (κ2) is 4.99. The van der Waals surface area contributed by atoms with E-state index in [-0.39, 0.29) is 5.82 Å². The lowest BCUT2D eigenvalue weighted by Crippen LogP contribution is -1.98. The zero-order chi connectivity index (χ0) is 11.5. The first-order chi connectivity index (χ1) is 7.66. The maximum absolute atomic E-state index is 13.5.